The number of likely N-dealkylation sites (tertiary alicyclic amines) is 1. The second kappa shape index (κ2) is 8.98. The van der Waals surface area contributed by atoms with Crippen molar-refractivity contribution in [3.63, 3.8) is 0 Å². The van der Waals surface area contributed by atoms with Gasteiger partial charge in [0.2, 0.25) is 11.8 Å². The van der Waals surface area contributed by atoms with Crippen LogP contribution in [-0.2, 0) is 9.59 Å². The van der Waals surface area contributed by atoms with Crippen molar-refractivity contribution in [2.75, 3.05) is 35.2 Å². The lowest BCUT2D eigenvalue weighted by Crippen LogP contribution is -2.43. The van der Waals surface area contributed by atoms with Crippen molar-refractivity contribution in [3.8, 4) is 0 Å². The second-order valence-electron chi connectivity index (χ2n) is 7.75. The number of para-hydroxylation sites is 1. The van der Waals surface area contributed by atoms with Crippen LogP contribution in [0.25, 0.3) is 0 Å². The largest absolute Gasteiger partial charge is 0.326 e. The average molecular weight is 406 g/mol. The number of nitrogens with one attached hydrogen (secondary N) is 2. The standard InChI is InChI=1S/C23H26N4O3/c28-21-10-5-13-27(21)20-9-4-8-19(16-20)24-22(29)17-11-14-26(15-12-17)23(30)25-18-6-2-1-3-7-18/h1-4,6-9,16-17H,5,10-15H2,(H,24,29)(H,25,30). The van der Waals surface area contributed by atoms with E-state index in [0.717, 1.165) is 24.3 Å². The Morgan fingerprint density at radius 2 is 1.60 bits per heavy atom. The Labute approximate surface area is 176 Å². The van der Waals surface area contributed by atoms with E-state index in [9.17, 15) is 14.4 Å². The normalized spacial score (nSPS) is 17.1. The van der Waals surface area contributed by atoms with Crippen molar-refractivity contribution in [2.45, 2.75) is 25.7 Å². The molecule has 7 heteroatoms. The number of hydrogen-bond acceptors (Lipinski definition) is 3. The zero-order valence-electron chi connectivity index (χ0n) is 16.8. The number of hydrogen-bond donors (Lipinski definition) is 2. The number of carbonyl (C=O) groups is 3. The fraction of sp³-hybridized carbons (Fsp3) is 0.348. The van der Waals surface area contributed by atoms with Gasteiger partial charge in [-0.05, 0) is 49.6 Å². The third-order valence-electron chi connectivity index (χ3n) is 5.68. The molecule has 2 saturated heterocycles. The van der Waals surface area contributed by atoms with E-state index in [1.54, 1.807) is 9.80 Å². The van der Waals surface area contributed by atoms with Crippen molar-refractivity contribution in [1.82, 2.24) is 4.90 Å². The van der Waals surface area contributed by atoms with Crippen LogP contribution in [0.3, 0.4) is 0 Å². The van der Waals surface area contributed by atoms with E-state index in [2.05, 4.69) is 10.6 Å². The first-order chi connectivity index (χ1) is 14.6. The van der Waals surface area contributed by atoms with Crippen LogP contribution in [-0.4, -0.2) is 42.4 Å². The van der Waals surface area contributed by atoms with E-state index >= 15 is 0 Å². The van der Waals surface area contributed by atoms with Crippen LogP contribution >= 0.6 is 0 Å². The highest BCUT2D eigenvalue weighted by Crippen LogP contribution is 2.26. The molecule has 2 aromatic rings. The van der Waals surface area contributed by atoms with Gasteiger partial charge in [-0.25, -0.2) is 4.79 Å². The van der Waals surface area contributed by atoms with Crippen molar-refractivity contribution in [2.24, 2.45) is 5.92 Å². The molecule has 0 spiro atoms. The smallest absolute Gasteiger partial charge is 0.321 e. The SMILES string of the molecule is O=C(Nc1cccc(N2CCCC2=O)c1)C1CCN(C(=O)Nc2ccccc2)CC1. The number of piperidine rings is 1. The maximum Gasteiger partial charge on any atom is 0.321 e. The van der Waals surface area contributed by atoms with E-state index in [1.807, 2.05) is 54.6 Å². The minimum atomic E-state index is -0.136. The summed E-state index contributed by atoms with van der Waals surface area (Å²) in [5, 5.41) is 5.86. The summed E-state index contributed by atoms with van der Waals surface area (Å²) < 4.78 is 0. The Morgan fingerprint density at radius 1 is 0.867 bits per heavy atom. The maximum absolute atomic E-state index is 12.7. The summed E-state index contributed by atoms with van der Waals surface area (Å²) in [5.74, 6) is -0.0505. The fourth-order valence-corrected chi connectivity index (χ4v) is 3.99. The molecule has 156 valence electrons. The molecule has 2 heterocycles. The molecule has 2 aliphatic rings. The molecule has 0 radical (unpaired) electrons. The lowest BCUT2D eigenvalue weighted by molar-refractivity contribution is -0.121. The van der Waals surface area contributed by atoms with Gasteiger partial charge in [0.25, 0.3) is 0 Å². The molecule has 0 bridgehead atoms. The predicted octanol–water partition coefficient (Wildman–Crippen LogP) is 3.70. The van der Waals surface area contributed by atoms with Crippen LogP contribution < -0.4 is 15.5 Å². The topological polar surface area (TPSA) is 81.8 Å². The highest BCUT2D eigenvalue weighted by Gasteiger charge is 2.28. The molecule has 0 aliphatic carbocycles. The number of benzene rings is 2. The molecule has 30 heavy (non-hydrogen) atoms. The van der Waals surface area contributed by atoms with Crippen LogP contribution in [0.5, 0.6) is 0 Å². The first-order valence-corrected chi connectivity index (χ1v) is 10.4. The summed E-state index contributed by atoms with van der Waals surface area (Å²) in [4.78, 5) is 40.6. The highest BCUT2D eigenvalue weighted by atomic mass is 16.2. The van der Waals surface area contributed by atoms with Gasteiger partial charge in [0.05, 0.1) is 0 Å². The van der Waals surface area contributed by atoms with Gasteiger partial charge in [0, 0.05) is 49.0 Å². The molecule has 2 aromatic carbocycles. The third-order valence-corrected chi connectivity index (χ3v) is 5.68. The fourth-order valence-electron chi connectivity index (χ4n) is 3.99. The molecule has 2 N–H and O–H groups in total. The predicted molar refractivity (Wildman–Crippen MR) is 116 cm³/mol. The van der Waals surface area contributed by atoms with Crippen LogP contribution in [0.1, 0.15) is 25.7 Å². The lowest BCUT2D eigenvalue weighted by Gasteiger charge is -2.31. The van der Waals surface area contributed by atoms with E-state index in [0.29, 0.717) is 38.0 Å². The maximum atomic E-state index is 12.7. The monoisotopic (exact) mass is 406 g/mol. The molecule has 0 aromatic heterocycles. The van der Waals surface area contributed by atoms with Gasteiger partial charge in [0.15, 0.2) is 0 Å². The van der Waals surface area contributed by atoms with Crippen LogP contribution in [0.15, 0.2) is 54.6 Å². The molecular weight excluding hydrogens is 380 g/mol. The van der Waals surface area contributed by atoms with Gasteiger partial charge in [-0.3, -0.25) is 9.59 Å². The minimum absolute atomic E-state index is 0.0389. The summed E-state index contributed by atoms with van der Waals surface area (Å²) in [7, 11) is 0. The molecule has 0 atom stereocenters. The molecule has 4 amide bonds. The number of anilines is 3. The molecule has 0 unspecified atom stereocenters. The number of nitrogens with zero attached hydrogens (tertiary/aromatic N) is 2. The Hall–Kier alpha value is -3.35. The van der Waals surface area contributed by atoms with Crippen LogP contribution in [0.4, 0.5) is 21.9 Å². The minimum Gasteiger partial charge on any atom is -0.326 e. The summed E-state index contributed by atoms with van der Waals surface area (Å²) >= 11 is 0. The highest BCUT2D eigenvalue weighted by molar-refractivity contribution is 5.97. The van der Waals surface area contributed by atoms with Crippen molar-refractivity contribution in [3.05, 3.63) is 54.6 Å². The van der Waals surface area contributed by atoms with E-state index in [1.165, 1.54) is 0 Å². The zero-order valence-corrected chi connectivity index (χ0v) is 16.8. The van der Waals surface area contributed by atoms with Crippen molar-refractivity contribution >= 4 is 34.9 Å². The van der Waals surface area contributed by atoms with Crippen LogP contribution in [0, 0.1) is 5.92 Å². The Balaban J connectivity index is 1.29. The molecule has 0 saturated carbocycles. The molecule has 2 aliphatic heterocycles. The summed E-state index contributed by atoms with van der Waals surface area (Å²) in [5.41, 5.74) is 2.28. The Kier molecular flexibility index (Phi) is 5.97. The Morgan fingerprint density at radius 3 is 2.30 bits per heavy atom. The molecule has 2 fully saturated rings. The van der Waals surface area contributed by atoms with Gasteiger partial charge in [-0.1, -0.05) is 24.3 Å². The summed E-state index contributed by atoms with van der Waals surface area (Å²) in [6.07, 6.45) is 2.69. The van der Waals surface area contributed by atoms with Gasteiger partial charge in [0.1, 0.15) is 0 Å². The first kappa shape index (κ1) is 19.9. The average Bonchev–Trinajstić information content (AvgIpc) is 3.20. The Bertz CT molecular complexity index is 923. The van der Waals surface area contributed by atoms with E-state index < -0.39 is 0 Å². The molecule has 7 nitrogen and oxygen atoms in total. The lowest BCUT2D eigenvalue weighted by atomic mass is 9.96. The summed E-state index contributed by atoms with van der Waals surface area (Å²) in [6.45, 7) is 1.80. The number of amides is 4. The second-order valence-corrected chi connectivity index (χ2v) is 7.75. The number of rotatable bonds is 4. The number of urea groups is 1. The molecular formula is C23H26N4O3. The third kappa shape index (κ3) is 4.62. The van der Waals surface area contributed by atoms with Crippen molar-refractivity contribution in [1.29, 1.82) is 0 Å². The molecule has 4 rings (SSSR count). The van der Waals surface area contributed by atoms with Gasteiger partial charge in [-0.2, -0.15) is 0 Å². The summed E-state index contributed by atoms with van der Waals surface area (Å²) in [6, 6.07) is 16.6. The quantitative estimate of drug-likeness (QED) is 0.812. The zero-order chi connectivity index (χ0) is 20.9. The van der Waals surface area contributed by atoms with Gasteiger partial charge < -0.3 is 20.4 Å². The first-order valence-electron chi connectivity index (χ1n) is 10.4. The number of carbonyl (C=O) groups excluding carboxylic acids is 3. The van der Waals surface area contributed by atoms with E-state index in [4.69, 9.17) is 0 Å². The van der Waals surface area contributed by atoms with Gasteiger partial charge >= 0.3 is 6.03 Å². The van der Waals surface area contributed by atoms with Gasteiger partial charge in [-0.15, -0.1) is 0 Å². The van der Waals surface area contributed by atoms with Crippen LogP contribution in [0.2, 0.25) is 0 Å². The van der Waals surface area contributed by atoms with E-state index in [-0.39, 0.29) is 23.8 Å². The van der Waals surface area contributed by atoms with Crippen molar-refractivity contribution < 1.29 is 14.4 Å².